The minimum atomic E-state index is -1.76. The van der Waals surface area contributed by atoms with Gasteiger partial charge < -0.3 is 24.1 Å². The summed E-state index contributed by atoms with van der Waals surface area (Å²) in [5.41, 5.74) is 0.830. The van der Waals surface area contributed by atoms with E-state index in [1.54, 1.807) is 43.3 Å². The van der Waals surface area contributed by atoms with Gasteiger partial charge in [-0.25, -0.2) is 4.79 Å². The van der Waals surface area contributed by atoms with Crippen LogP contribution in [-0.4, -0.2) is 29.5 Å². The highest BCUT2D eigenvalue weighted by Gasteiger charge is 2.26. The highest BCUT2D eigenvalue weighted by molar-refractivity contribution is 6.46. The highest BCUT2D eigenvalue weighted by Crippen LogP contribution is 2.31. The Kier molecular flexibility index (Phi) is 6.97. The number of carbonyl (C=O) groups is 1. The third-order valence-corrected chi connectivity index (χ3v) is 3.64. The first-order valence-electron chi connectivity index (χ1n) is 7.69. The summed E-state index contributed by atoms with van der Waals surface area (Å²) >= 11 is 11.7. The number of phenols is 1. The molecule has 2 rings (SSSR count). The first kappa shape index (κ1) is 20.2. The number of rotatable bonds is 8. The van der Waals surface area contributed by atoms with Crippen molar-refractivity contribution in [2.24, 2.45) is 0 Å². The molecule has 0 unspecified atom stereocenters. The predicted octanol–water partition coefficient (Wildman–Crippen LogP) is 4.26. The fraction of sp³-hybridized carbons (Fsp3) is 0.278. The third-order valence-electron chi connectivity index (χ3n) is 3.27. The van der Waals surface area contributed by atoms with Gasteiger partial charge in [0.05, 0.1) is 13.7 Å². The molecule has 2 aromatic rings. The molecule has 0 fully saturated rings. The third kappa shape index (κ3) is 5.42. The Labute approximate surface area is 161 Å². The predicted molar refractivity (Wildman–Crippen MR) is 96.9 cm³/mol. The van der Waals surface area contributed by atoms with Crippen LogP contribution >= 0.6 is 23.2 Å². The number of ether oxygens (including phenoxy) is 4. The molecule has 0 amide bonds. The SMILES string of the molecule is CCOC(Cl)(Cl)Oc1ccc(COc2cccc(C(=O)OC)c2O)cc1. The zero-order chi connectivity index (χ0) is 19.2. The lowest BCUT2D eigenvalue weighted by Gasteiger charge is -2.20. The maximum atomic E-state index is 11.6. The number of alkyl halides is 2. The van der Waals surface area contributed by atoms with Gasteiger partial charge in [-0.15, -0.1) is 0 Å². The molecule has 0 heterocycles. The second kappa shape index (κ2) is 8.98. The molecule has 0 spiro atoms. The summed E-state index contributed by atoms with van der Waals surface area (Å²) in [7, 11) is 1.24. The van der Waals surface area contributed by atoms with Crippen LogP contribution in [0.4, 0.5) is 0 Å². The molecule has 0 aliphatic heterocycles. The topological polar surface area (TPSA) is 74.2 Å². The van der Waals surface area contributed by atoms with E-state index in [0.717, 1.165) is 5.56 Å². The summed E-state index contributed by atoms with van der Waals surface area (Å²) < 4.78 is 18.8. The highest BCUT2D eigenvalue weighted by atomic mass is 35.5. The summed E-state index contributed by atoms with van der Waals surface area (Å²) in [6.45, 7) is 2.21. The molecular weight excluding hydrogens is 383 g/mol. The summed E-state index contributed by atoms with van der Waals surface area (Å²) in [5, 5.41) is 10.1. The fourth-order valence-corrected chi connectivity index (χ4v) is 2.46. The van der Waals surface area contributed by atoms with Gasteiger partial charge in [-0.1, -0.05) is 18.2 Å². The number of para-hydroxylation sites is 1. The average Bonchev–Trinajstić information content (AvgIpc) is 2.61. The lowest BCUT2D eigenvalue weighted by atomic mass is 10.2. The normalized spacial score (nSPS) is 11.1. The van der Waals surface area contributed by atoms with Crippen LogP contribution in [0.25, 0.3) is 0 Å². The van der Waals surface area contributed by atoms with Gasteiger partial charge in [-0.3, -0.25) is 0 Å². The van der Waals surface area contributed by atoms with E-state index in [4.69, 9.17) is 37.4 Å². The molecule has 1 N–H and O–H groups in total. The van der Waals surface area contributed by atoms with Crippen molar-refractivity contribution in [1.29, 1.82) is 0 Å². The summed E-state index contributed by atoms with van der Waals surface area (Å²) in [5.74, 6) is -0.327. The van der Waals surface area contributed by atoms with Gasteiger partial charge in [0.15, 0.2) is 11.5 Å². The van der Waals surface area contributed by atoms with Gasteiger partial charge in [-0.2, -0.15) is 0 Å². The maximum Gasteiger partial charge on any atom is 0.375 e. The molecule has 0 aliphatic carbocycles. The van der Waals surface area contributed by atoms with Crippen LogP contribution in [0.15, 0.2) is 42.5 Å². The van der Waals surface area contributed by atoms with Crippen LogP contribution in [0.1, 0.15) is 22.8 Å². The van der Waals surface area contributed by atoms with Crippen molar-refractivity contribution in [2.45, 2.75) is 18.2 Å². The number of carbonyl (C=O) groups excluding carboxylic acids is 1. The van der Waals surface area contributed by atoms with Crippen LogP contribution in [0.2, 0.25) is 0 Å². The maximum absolute atomic E-state index is 11.6. The Morgan fingerprint density at radius 3 is 2.46 bits per heavy atom. The zero-order valence-corrected chi connectivity index (χ0v) is 15.7. The Morgan fingerprint density at radius 1 is 1.15 bits per heavy atom. The number of phenolic OH excluding ortho intramolecular Hbond substituents is 1. The molecule has 0 saturated heterocycles. The van der Waals surface area contributed by atoms with E-state index < -0.39 is 10.7 Å². The van der Waals surface area contributed by atoms with Crippen LogP contribution < -0.4 is 9.47 Å². The second-order valence-corrected chi connectivity index (χ2v) is 6.26. The number of halogens is 2. The van der Waals surface area contributed by atoms with E-state index in [9.17, 15) is 9.90 Å². The van der Waals surface area contributed by atoms with E-state index in [1.807, 2.05) is 0 Å². The van der Waals surface area contributed by atoms with Gasteiger partial charge >= 0.3 is 10.7 Å². The smallest absolute Gasteiger partial charge is 0.375 e. The molecular formula is C18H18Cl2O6. The largest absolute Gasteiger partial charge is 0.504 e. The van der Waals surface area contributed by atoms with E-state index in [0.29, 0.717) is 12.4 Å². The van der Waals surface area contributed by atoms with E-state index in [1.165, 1.54) is 13.2 Å². The molecule has 0 aliphatic rings. The molecule has 0 bridgehead atoms. The van der Waals surface area contributed by atoms with Gasteiger partial charge in [0, 0.05) is 0 Å². The lowest BCUT2D eigenvalue weighted by molar-refractivity contribution is -0.0499. The monoisotopic (exact) mass is 400 g/mol. The van der Waals surface area contributed by atoms with Crippen molar-refractivity contribution in [1.82, 2.24) is 0 Å². The Balaban J connectivity index is 2.01. The number of aromatic hydroxyl groups is 1. The fourth-order valence-electron chi connectivity index (χ4n) is 2.06. The molecule has 26 heavy (non-hydrogen) atoms. The van der Waals surface area contributed by atoms with Gasteiger partial charge in [0.25, 0.3) is 0 Å². The molecule has 8 heteroatoms. The van der Waals surface area contributed by atoms with E-state index >= 15 is 0 Å². The van der Waals surface area contributed by atoms with Crippen LogP contribution in [0.5, 0.6) is 17.2 Å². The first-order valence-corrected chi connectivity index (χ1v) is 8.44. The van der Waals surface area contributed by atoms with E-state index in [-0.39, 0.29) is 23.7 Å². The first-order chi connectivity index (χ1) is 12.4. The van der Waals surface area contributed by atoms with Crippen molar-refractivity contribution in [2.75, 3.05) is 13.7 Å². The second-order valence-electron chi connectivity index (χ2n) is 5.07. The van der Waals surface area contributed by atoms with Crippen LogP contribution in [0, 0.1) is 0 Å². The average molecular weight is 401 g/mol. The molecule has 140 valence electrons. The quantitative estimate of drug-likeness (QED) is 0.405. The van der Waals surface area contributed by atoms with Gasteiger partial charge in [-0.05, 0) is 60.0 Å². The number of esters is 1. The number of methoxy groups -OCH3 is 1. The molecule has 2 aromatic carbocycles. The summed E-state index contributed by atoms with van der Waals surface area (Å²) in [4.78, 5) is 11.6. The number of hydrogen-bond donors (Lipinski definition) is 1. The summed E-state index contributed by atoms with van der Waals surface area (Å²) in [6, 6.07) is 11.4. The van der Waals surface area contributed by atoms with Crippen molar-refractivity contribution in [3.05, 3.63) is 53.6 Å². The van der Waals surface area contributed by atoms with Gasteiger partial charge in [0.1, 0.15) is 17.9 Å². The van der Waals surface area contributed by atoms with E-state index in [2.05, 4.69) is 4.74 Å². The minimum absolute atomic E-state index is 0.0326. The lowest BCUT2D eigenvalue weighted by Crippen LogP contribution is -2.25. The Hall–Kier alpha value is -2.15. The van der Waals surface area contributed by atoms with Crippen LogP contribution in [0.3, 0.4) is 0 Å². The van der Waals surface area contributed by atoms with Crippen molar-refractivity contribution in [3.63, 3.8) is 0 Å². The summed E-state index contributed by atoms with van der Waals surface area (Å²) in [6.07, 6.45) is 0. The standard InChI is InChI=1S/C18H18Cl2O6/c1-3-25-18(19,20)26-13-9-7-12(8-10-13)11-24-15-6-4-5-14(16(15)21)17(22)23-2/h4-10,21H,3,11H2,1-2H3. The number of benzene rings is 2. The molecule has 0 radical (unpaired) electrons. The van der Waals surface area contributed by atoms with Gasteiger partial charge in [0.2, 0.25) is 0 Å². The number of hydrogen-bond acceptors (Lipinski definition) is 6. The van der Waals surface area contributed by atoms with Crippen molar-refractivity contribution >= 4 is 29.2 Å². The molecule has 0 saturated carbocycles. The Bertz CT molecular complexity index is 746. The van der Waals surface area contributed by atoms with Crippen molar-refractivity contribution < 1.29 is 28.8 Å². The molecule has 0 aromatic heterocycles. The molecule has 0 atom stereocenters. The Morgan fingerprint density at radius 2 is 1.85 bits per heavy atom. The van der Waals surface area contributed by atoms with Crippen molar-refractivity contribution in [3.8, 4) is 17.2 Å². The van der Waals surface area contributed by atoms with Crippen LogP contribution in [-0.2, 0) is 16.1 Å². The molecule has 6 nitrogen and oxygen atoms in total. The minimum Gasteiger partial charge on any atom is -0.504 e. The zero-order valence-electron chi connectivity index (χ0n) is 14.2.